The largest absolute Gasteiger partial charge is 0.316 e. The molecular weight excluding hydrogens is 368 g/mol. The van der Waals surface area contributed by atoms with E-state index >= 15 is 0 Å². The van der Waals surface area contributed by atoms with E-state index in [1.165, 1.54) is 0 Å². The molecule has 1 aliphatic heterocycles. The van der Waals surface area contributed by atoms with Crippen molar-refractivity contribution in [2.24, 2.45) is 11.5 Å². The Kier molecular flexibility index (Phi) is 18.8. The monoisotopic (exact) mass is 392 g/mol. The zero-order chi connectivity index (χ0) is 17.4. The number of rotatable bonds is 5. The molecule has 0 saturated carbocycles. The summed E-state index contributed by atoms with van der Waals surface area (Å²) in [5, 5.41) is 52.9. The summed E-state index contributed by atoms with van der Waals surface area (Å²) in [6, 6.07) is -0.979. The topological polar surface area (TPSA) is 217 Å². The third-order valence-electron chi connectivity index (χ3n) is 2.89. The second-order valence-electron chi connectivity index (χ2n) is 4.67. The molecule has 0 aromatic carbocycles. The number of carbonyl (C=O) groups excluding carboxylic acids is 1. The molecule has 1 rings (SSSR count). The Morgan fingerprint density at radius 3 is 1.96 bits per heavy atom. The molecule has 13 heteroatoms. The summed E-state index contributed by atoms with van der Waals surface area (Å²) in [7, 11) is 0. The first-order valence-corrected chi connectivity index (χ1v) is 6.37. The van der Waals surface area contributed by atoms with Crippen molar-refractivity contribution >= 4 is 86.3 Å². The van der Waals surface area contributed by atoms with Crippen molar-refractivity contribution in [3.05, 3.63) is 0 Å². The maximum absolute atomic E-state index is 10.1. The molecule has 0 aliphatic carbocycles. The fourth-order valence-electron chi connectivity index (χ4n) is 1.50. The van der Waals surface area contributed by atoms with Gasteiger partial charge in [-0.3, -0.25) is 9.59 Å². The Hall–Kier alpha value is 1.06. The first-order valence-electron chi connectivity index (χ1n) is 6.37. The standard InChI is InChI=1S/C6H12O6.C5H10N2O3.K.Mg.3H/c7-1-2-3(8)4(9)5(10)6(11)12-2;6-3(5(9)10)1-2-4(7)8;;;;;/h2-11H,1H2;3H,1-2,6H2,(H2,7,8)(H,9,10);;;;;/t2-,3-,4+,5-,6?;3-;;;;;/m10...../s1. The molecule has 1 unspecified atom stereocenters. The van der Waals surface area contributed by atoms with Gasteiger partial charge in [-0.05, 0) is 6.42 Å². The number of hydrogen-bond acceptors (Lipinski definition) is 9. The smallest absolute Gasteiger partial charge is 0.316 e. The predicted octanol–water partition coefficient (Wildman–Crippen LogP) is -6.12. The summed E-state index contributed by atoms with van der Waals surface area (Å²) < 4.78 is 4.58. The van der Waals surface area contributed by atoms with Gasteiger partial charge in [0.25, 0.3) is 0 Å². The molecular formula is C11H25KMgN2O9. The van der Waals surface area contributed by atoms with Crippen molar-refractivity contribution in [3.63, 3.8) is 0 Å². The summed E-state index contributed by atoms with van der Waals surface area (Å²) in [5.74, 6) is -1.64. The first kappa shape index (κ1) is 29.8. The fraction of sp³-hybridized carbons (Fsp3) is 0.818. The minimum Gasteiger partial charge on any atom is 0.316 e. The van der Waals surface area contributed by atoms with Crippen molar-refractivity contribution in [3.8, 4) is 0 Å². The van der Waals surface area contributed by atoms with Crippen molar-refractivity contribution in [2.45, 2.75) is 49.6 Å². The molecule has 136 valence electrons. The Labute approximate surface area is 196 Å². The second kappa shape index (κ2) is 15.2. The van der Waals surface area contributed by atoms with Crippen LogP contribution in [0.3, 0.4) is 0 Å². The average Bonchev–Trinajstić information content (AvgIpc) is 2.46. The number of ether oxygens (including phenoxy) is 1. The van der Waals surface area contributed by atoms with Crippen molar-refractivity contribution in [2.75, 3.05) is 6.61 Å². The Morgan fingerprint density at radius 2 is 1.58 bits per heavy atom. The molecule has 0 aromatic heterocycles. The minimum absolute atomic E-state index is 0. The molecule has 0 radical (unpaired) electrons. The third kappa shape index (κ3) is 10.9. The molecule has 24 heavy (non-hydrogen) atoms. The van der Waals surface area contributed by atoms with Gasteiger partial charge in [0.05, 0.1) is 6.61 Å². The summed E-state index contributed by atoms with van der Waals surface area (Å²) in [6.45, 7) is -0.526. The van der Waals surface area contributed by atoms with Gasteiger partial charge in [0.1, 0.15) is 30.5 Å². The number of aliphatic hydroxyl groups is 5. The zero-order valence-corrected chi connectivity index (χ0v) is 11.6. The van der Waals surface area contributed by atoms with Gasteiger partial charge in [-0.25, -0.2) is 0 Å². The average molecular weight is 393 g/mol. The molecule has 1 saturated heterocycles. The van der Waals surface area contributed by atoms with Gasteiger partial charge in [-0.2, -0.15) is 0 Å². The number of carboxylic acid groups (broad SMARTS) is 1. The van der Waals surface area contributed by atoms with Crippen LogP contribution in [0, 0.1) is 0 Å². The van der Waals surface area contributed by atoms with E-state index in [-0.39, 0.29) is 87.3 Å². The van der Waals surface area contributed by atoms with Crippen LogP contribution >= 0.6 is 0 Å². The van der Waals surface area contributed by atoms with Crippen LogP contribution in [0.25, 0.3) is 0 Å². The van der Waals surface area contributed by atoms with Crippen LogP contribution in [0.2, 0.25) is 0 Å². The van der Waals surface area contributed by atoms with Gasteiger partial charge in [0.2, 0.25) is 5.91 Å². The summed E-state index contributed by atoms with van der Waals surface area (Å²) in [4.78, 5) is 20.1. The van der Waals surface area contributed by atoms with Crippen LogP contribution in [0.5, 0.6) is 0 Å². The maximum Gasteiger partial charge on any atom is 0.316 e. The van der Waals surface area contributed by atoms with Crippen molar-refractivity contribution < 1.29 is 45.0 Å². The number of amides is 1. The van der Waals surface area contributed by atoms with Gasteiger partial charge in [-0.15, -0.1) is 0 Å². The quantitative estimate of drug-likeness (QED) is 0.207. The van der Waals surface area contributed by atoms with E-state index in [2.05, 4.69) is 4.74 Å². The summed E-state index contributed by atoms with van der Waals surface area (Å²) in [5.41, 5.74) is 9.81. The summed E-state index contributed by atoms with van der Waals surface area (Å²) in [6.07, 6.45) is -6.92. The minimum atomic E-state index is -1.57. The SMILES string of the molecule is NC(=O)CC[C@H](N)C(=O)O.OC[C@H]1OC(O)[C@H](O)[C@@H](O)[C@@H]1O.[KH].[MgH2]. The van der Waals surface area contributed by atoms with Crippen LogP contribution in [-0.4, -0.2) is 160 Å². The molecule has 1 fully saturated rings. The Balaban J connectivity index is -0.000000345. The van der Waals surface area contributed by atoms with E-state index in [1.54, 1.807) is 0 Å². The van der Waals surface area contributed by atoms with E-state index in [9.17, 15) is 9.59 Å². The molecule has 6 atom stereocenters. The van der Waals surface area contributed by atoms with Crippen LogP contribution in [-0.2, 0) is 14.3 Å². The molecule has 1 heterocycles. The van der Waals surface area contributed by atoms with Gasteiger partial charge >= 0.3 is 80.4 Å². The predicted molar refractivity (Wildman–Crippen MR) is 85.7 cm³/mol. The normalized spacial score (nSPS) is 29.8. The number of carbonyl (C=O) groups is 2. The van der Waals surface area contributed by atoms with Crippen LogP contribution < -0.4 is 11.5 Å². The fourth-order valence-corrected chi connectivity index (χ4v) is 1.50. The first-order chi connectivity index (χ1) is 10.1. The van der Waals surface area contributed by atoms with Crippen LogP contribution in [0.15, 0.2) is 0 Å². The van der Waals surface area contributed by atoms with Gasteiger partial charge in [0.15, 0.2) is 6.29 Å². The van der Waals surface area contributed by atoms with Crippen molar-refractivity contribution in [1.29, 1.82) is 0 Å². The molecule has 1 aliphatic rings. The number of hydrogen-bond donors (Lipinski definition) is 8. The van der Waals surface area contributed by atoms with Crippen LogP contribution in [0.4, 0.5) is 0 Å². The van der Waals surface area contributed by atoms with E-state index in [4.69, 9.17) is 42.1 Å². The Bertz CT molecular complexity index is 375. The molecule has 0 bridgehead atoms. The maximum atomic E-state index is 10.1. The second-order valence-corrected chi connectivity index (χ2v) is 4.67. The number of aliphatic hydroxyl groups excluding tert-OH is 5. The van der Waals surface area contributed by atoms with Crippen molar-refractivity contribution in [1.82, 2.24) is 0 Å². The number of carboxylic acids is 1. The van der Waals surface area contributed by atoms with Crippen LogP contribution in [0.1, 0.15) is 12.8 Å². The Morgan fingerprint density at radius 1 is 1.08 bits per heavy atom. The number of aliphatic carboxylic acids is 1. The third-order valence-corrected chi connectivity index (χ3v) is 2.89. The van der Waals surface area contributed by atoms with Gasteiger partial charge < -0.3 is 46.8 Å². The molecule has 11 nitrogen and oxygen atoms in total. The number of primary amides is 1. The molecule has 10 N–H and O–H groups in total. The van der Waals surface area contributed by atoms with E-state index in [0.29, 0.717) is 0 Å². The molecule has 0 aromatic rings. The van der Waals surface area contributed by atoms with Gasteiger partial charge in [-0.1, -0.05) is 0 Å². The van der Waals surface area contributed by atoms with E-state index in [0.717, 1.165) is 0 Å². The number of nitrogens with two attached hydrogens (primary N) is 2. The van der Waals surface area contributed by atoms with E-state index < -0.39 is 55.2 Å². The van der Waals surface area contributed by atoms with Gasteiger partial charge in [0, 0.05) is 6.42 Å². The summed E-state index contributed by atoms with van der Waals surface area (Å²) >= 11 is 0. The molecule has 0 spiro atoms. The zero-order valence-electron chi connectivity index (χ0n) is 11.6. The molecule has 1 amide bonds. The van der Waals surface area contributed by atoms with E-state index in [1.807, 2.05) is 0 Å².